The van der Waals surface area contributed by atoms with Crippen LogP contribution >= 0.6 is 0 Å². The third-order valence-corrected chi connectivity index (χ3v) is 0. The Balaban J connectivity index is -0.0000000150. The molecule has 0 saturated heterocycles. The zero-order valence-corrected chi connectivity index (χ0v) is 6.08. The van der Waals surface area contributed by atoms with Gasteiger partial charge in [-0.1, -0.05) is 0 Å². The van der Waals surface area contributed by atoms with Crippen molar-refractivity contribution in [2.45, 2.75) is 0 Å². The van der Waals surface area contributed by atoms with Crippen molar-refractivity contribution >= 4 is 24.7 Å². The van der Waals surface area contributed by atoms with Gasteiger partial charge in [0.1, 0.15) is 0 Å². The first-order valence-corrected chi connectivity index (χ1v) is 0.707. The van der Waals surface area contributed by atoms with E-state index in [4.69, 9.17) is 15.1 Å². The standard InChI is InChI=1S/Al.BO3.Cu.Ni/c;2-1(3)4;;/q+3;-3;+1;+2. The average molecular weight is 208 g/mol. The molecule has 0 aliphatic rings. The van der Waals surface area contributed by atoms with Crippen LogP contribution in [0.3, 0.4) is 0 Å². The molecule has 7 heavy (non-hydrogen) atoms. The van der Waals surface area contributed by atoms with Crippen LogP contribution in [0.4, 0.5) is 0 Å². The summed E-state index contributed by atoms with van der Waals surface area (Å²) in [7, 11) is -2.92. The second-order valence-electron chi connectivity index (χ2n) is 0.289. The normalized spacial score (nSPS) is 3.86. The molecule has 42 valence electrons. The van der Waals surface area contributed by atoms with Crippen LogP contribution in [0.15, 0.2) is 0 Å². The average Bonchev–Trinajstić information content (AvgIpc) is 0.811. The molecule has 7 heteroatoms. The SMILES string of the molecule is [Al+3].[Cu+].[Ni+2].[O-]B([O-])[O-]. The van der Waals surface area contributed by atoms with Gasteiger partial charge in [0.25, 0.3) is 0 Å². The summed E-state index contributed by atoms with van der Waals surface area (Å²) in [6.07, 6.45) is 0. The van der Waals surface area contributed by atoms with E-state index in [9.17, 15) is 0 Å². The van der Waals surface area contributed by atoms with E-state index < -0.39 is 7.32 Å². The van der Waals surface area contributed by atoms with Crippen molar-refractivity contribution in [3.8, 4) is 0 Å². The third kappa shape index (κ3) is 102. The Morgan fingerprint density at radius 3 is 1.00 bits per heavy atom. The first-order valence-electron chi connectivity index (χ1n) is 0.707. The zero-order valence-electron chi connectivity index (χ0n) is 3.00. The van der Waals surface area contributed by atoms with Crippen LogP contribution < -0.4 is 15.1 Å². The maximum Gasteiger partial charge on any atom is 3.00 e. The Morgan fingerprint density at radius 1 is 1.00 bits per heavy atom. The van der Waals surface area contributed by atoms with Gasteiger partial charge < -0.3 is 15.1 Å². The predicted octanol–water partition coefficient (Wildman–Crippen LogP) is -4.33. The van der Waals surface area contributed by atoms with Crippen molar-refractivity contribution in [3.63, 3.8) is 0 Å². The van der Waals surface area contributed by atoms with E-state index >= 15 is 0 Å². The zero-order chi connectivity index (χ0) is 3.58. The molecule has 0 N–H and O–H groups in total. The van der Waals surface area contributed by atoms with Crippen molar-refractivity contribution in [1.29, 1.82) is 0 Å². The van der Waals surface area contributed by atoms with E-state index in [1.54, 1.807) is 0 Å². The molecule has 0 fully saturated rings. The molecule has 0 unspecified atom stereocenters. The number of rotatable bonds is 0. The van der Waals surface area contributed by atoms with E-state index in [1.165, 1.54) is 0 Å². The summed E-state index contributed by atoms with van der Waals surface area (Å²) in [4.78, 5) is 0. The van der Waals surface area contributed by atoms with Crippen molar-refractivity contribution < 1.29 is 48.6 Å². The van der Waals surface area contributed by atoms with Gasteiger partial charge in [0.05, 0.1) is 0 Å². The minimum Gasteiger partial charge on any atom is -0.907 e. The summed E-state index contributed by atoms with van der Waals surface area (Å²) in [6, 6.07) is 0. The number of hydrogen-bond acceptors (Lipinski definition) is 3. The quantitative estimate of drug-likeness (QED) is 0.378. The molecule has 0 rings (SSSR count). The van der Waals surface area contributed by atoms with Crippen molar-refractivity contribution in [2.75, 3.05) is 0 Å². The summed E-state index contributed by atoms with van der Waals surface area (Å²) >= 11 is 0. The van der Waals surface area contributed by atoms with Gasteiger partial charge >= 0.3 is 50.9 Å². The fourth-order valence-electron chi connectivity index (χ4n) is 0. The molecule has 0 aliphatic heterocycles. The first-order chi connectivity index (χ1) is 1.73. The molecule has 0 aromatic rings. The van der Waals surface area contributed by atoms with E-state index in [0.29, 0.717) is 0 Å². The Kier molecular flexibility index (Phi) is 52.8. The molecular weight excluding hydrogens is 208 g/mol. The van der Waals surface area contributed by atoms with Gasteiger partial charge in [0, 0.05) is 0 Å². The molecule has 0 aromatic carbocycles. The molecular formula is AlBCuNiO3+3. The summed E-state index contributed by atoms with van der Waals surface area (Å²) < 4.78 is 0. The Morgan fingerprint density at radius 2 is 1.00 bits per heavy atom. The van der Waals surface area contributed by atoms with E-state index in [1.807, 2.05) is 0 Å². The van der Waals surface area contributed by atoms with Gasteiger partial charge in [-0.15, -0.1) is 0 Å². The van der Waals surface area contributed by atoms with Crippen LogP contribution in [-0.4, -0.2) is 24.7 Å². The fraction of sp³-hybridized carbons (Fsp3) is 0. The predicted molar refractivity (Wildman–Crippen MR) is 11.5 cm³/mol. The maximum atomic E-state index is 8.42. The number of hydrogen-bond donors (Lipinski definition) is 0. The van der Waals surface area contributed by atoms with Crippen molar-refractivity contribution in [2.24, 2.45) is 0 Å². The van der Waals surface area contributed by atoms with Crippen molar-refractivity contribution in [3.05, 3.63) is 0 Å². The molecule has 0 atom stereocenters. The Labute approximate surface area is 73.2 Å². The fourth-order valence-corrected chi connectivity index (χ4v) is 0. The van der Waals surface area contributed by atoms with Gasteiger partial charge in [-0.3, -0.25) is 7.32 Å². The van der Waals surface area contributed by atoms with Gasteiger partial charge in [-0.05, 0) is 0 Å². The molecule has 0 spiro atoms. The Hall–Kier alpha value is 1.49. The minimum atomic E-state index is -2.92. The summed E-state index contributed by atoms with van der Waals surface area (Å²) in [5, 5.41) is 25.2. The van der Waals surface area contributed by atoms with Crippen LogP contribution in [0.2, 0.25) is 0 Å². The summed E-state index contributed by atoms with van der Waals surface area (Å²) in [6.45, 7) is 0. The molecule has 0 aromatic heterocycles. The molecule has 0 saturated carbocycles. The second kappa shape index (κ2) is 15.6. The van der Waals surface area contributed by atoms with Gasteiger partial charge in [-0.2, -0.15) is 0 Å². The van der Waals surface area contributed by atoms with Gasteiger partial charge in [0.2, 0.25) is 0 Å². The maximum absolute atomic E-state index is 8.42. The van der Waals surface area contributed by atoms with Crippen LogP contribution in [0.25, 0.3) is 0 Å². The van der Waals surface area contributed by atoms with E-state index in [-0.39, 0.29) is 50.9 Å². The monoisotopic (exact) mass is 207 g/mol. The molecule has 3 nitrogen and oxygen atoms in total. The van der Waals surface area contributed by atoms with E-state index in [0.717, 1.165) is 0 Å². The molecule has 0 aliphatic carbocycles. The third-order valence-electron chi connectivity index (χ3n) is 0. The topological polar surface area (TPSA) is 69.2 Å². The first kappa shape index (κ1) is 23.6. The van der Waals surface area contributed by atoms with Crippen molar-refractivity contribution in [1.82, 2.24) is 0 Å². The smallest absolute Gasteiger partial charge is 0.907 e. The van der Waals surface area contributed by atoms with E-state index in [2.05, 4.69) is 0 Å². The molecule has 0 heterocycles. The largest absolute Gasteiger partial charge is 3.00 e. The van der Waals surface area contributed by atoms with Gasteiger partial charge in [0.15, 0.2) is 0 Å². The molecule has 0 radical (unpaired) electrons. The van der Waals surface area contributed by atoms with Crippen LogP contribution in [0.5, 0.6) is 0 Å². The molecule has 0 amide bonds. The molecule has 0 bridgehead atoms. The van der Waals surface area contributed by atoms with Crippen LogP contribution in [-0.2, 0) is 33.6 Å². The summed E-state index contributed by atoms with van der Waals surface area (Å²) in [5.41, 5.74) is 0. The minimum absolute atomic E-state index is 0. The summed E-state index contributed by atoms with van der Waals surface area (Å²) in [5.74, 6) is 0. The van der Waals surface area contributed by atoms with Gasteiger partial charge in [-0.25, -0.2) is 0 Å². The van der Waals surface area contributed by atoms with Crippen LogP contribution in [0.1, 0.15) is 0 Å². The Bertz CT molecular complexity index is 19.7. The van der Waals surface area contributed by atoms with Crippen LogP contribution in [0, 0.1) is 0 Å². The second-order valence-corrected chi connectivity index (χ2v) is 0.289.